The molecule has 6 nitrogen and oxygen atoms in total. The van der Waals surface area contributed by atoms with Crippen LogP contribution in [0.1, 0.15) is 44.9 Å². The fourth-order valence-electron chi connectivity index (χ4n) is 3.04. The van der Waals surface area contributed by atoms with Gasteiger partial charge in [0.05, 0.1) is 18.9 Å². The summed E-state index contributed by atoms with van der Waals surface area (Å²) >= 11 is 0. The van der Waals surface area contributed by atoms with Gasteiger partial charge < -0.3 is 10.1 Å². The molecule has 0 aromatic heterocycles. The number of hydrogen-bond acceptors (Lipinski definition) is 4. The van der Waals surface area contributed by atoms with Crippen molar-refractivity contribution in [3.8, 4) is 0 Å². The number of sulfonamides is 1. The Hall–Kier alpha value is -0.920. The zero-order valence-electron chi connectivity index (χ0n) is 13.9. The van der Waals surface area contributed by atoms with E-state index in [1.54, 1.807) is 0 Å². The van der Waals surface area contributed by atoms with Crippen LogP contribution < -0.4 is 5.32 Å². The van der Waals surface area contributed by atoms with Crippen molar-refractivity contribution < 1.29 is 17.9 Å². The number of nitrogens with zero attached hydrogens (tertiary/aromatic N) is 1. The lowest BCUT2D eigenvalue weighted by Crippen LogP contribution is -2.43. The van der Waals surface area contributed by atoms with Gasteiger partial charge in [0, 0.05) is 19.7 Å². The summed E-state index contributed by atoms with van der Waals surface area (Å²) in [5.74, 6) is -0.246. The molecule has 2 rings (SSSR count). The fourth-order valence-corrected chi connectivity index (χ4v) is 3.83. The highest BCUT2D eigenvalue weighted by Gasteiger charge is 2.26. The lowest BCUT2D eigenvalue weighted by molar-refractivity contribution is -0.121. The molecule has 1 saturated heterocycles. The number of carbonyl (C=O) groups excluding carboxylic acids is 1. The first kappa shape index (κ1) is 18.4. The molecular weight excluding hydrogens is 316 g/mol. The highest BCUT2D eigenvalue weighted by Crippen LogP contribution is 2.19. The third kappa shape index (κ3) is 6.61. The molecule has 0 radical (unpaired) electrons. The first-order valence-electron chi connectivity index (χ1n) is 8.46. The minimum Gasteiger partial charge on any atom is -0.377 e. The van der Waals surface area contributed by atoms with Gasteiger partial charge in [0.2, 0.25) is 15.9 Å². The number of hydrogen-bond donors (Lipinski definition) is 1. The van der Waals surface area contributed by atoms with Crippen LogP contribution in [0.3, 0.4) is 0 Å². The molecule has 0 aromatic rings. The summed E-state index contributed by atoms with van der Waals surface area (Å²) in [7, 11) is -3.41. The van der Waals surface area contributed by atoms with E-state index in [0.29, 0.717) is 13.2 Å². The van der Waals surface area contributed by atoms with Crippen molar-refractivity contribution in [2.24, 2.45) is 0 Å². The van der Waals surface area contributed by atoms with Gasteiger partial charge in [-0.05, 0) is 44.9 Å². The van der Waals surface area contributed by atoms with Crippen molar-refractivity contribution in [2.75, 3.05) is 32.5 Å². The highest BCUT2D eigenvalue weighted by molar-refractivity contribution is 7.88. The van der Waals surface area contributed by atoms with E-state index in [2.05, 4.69) is 11.4 Å². The molecule has 1 fully saturated rings. The second-order valence-electron chi connectivity index (χ2n) is 6.40. The SMILES string of the molecule is CS(=O)(=O)N(CC(=O)NCCC1=CCCCC1)CC1CCCO1. The molecule has 0 spiro atoms. The van der Waals surface area contributed by atoms with Crippen LogP contribution in [0.4, 0.5) is 0 Å². The molecule has 0 saturated carbocycles. The van der Waals surface area contributed by atoms with Crippen LogP contribution in [0.25, 0.3) is 0 Å². The van der Waals surface area contributed by atoms with E-state index in [-0.39, 0.29) is 25.1 Å². The van der Waals surface area contributed by atoms with E-state index in [1.165, 1.54) is 22.7 Å². The Morgan fingerprint density at radius 1 is 1.39 bits per heavy atom. The Kier molecular flexibility index (Phi) is 7.05. The Bertz CT molecular complexity index is 524. The second kappa shape index (κ2) is 8.80. The molecule has 1 aliphatic carbocycles. The van der Waals surface area contributed by atoms with E-state index in [4.69, 9.17) is 4.74 Å². The number of carbonyl (C=O) groups is 1. The van der Waals surface area contributed by atoms with Gasteiger partial charge >= 0.3 is 0 Å². The summed E-state index contributed by atoms with van der Waals surface area (Å²) in [6.45, 7) is 1.38. The van der Waals surface area contributed by atoms with Gasteiger partial charge in [-0.25, -0.2) is 8.42 Å². The van der Waals surface area contributed by atoms with Gasteiger partial charge in [0.25, 0.3) is 0 Å². The first-order valence-corrected chi connectivity index (χ1v) is 10.3. The average Bonchev–Trinajstić information content (AvgIpc) is 3.00. The molecule has 7 heteroatoms. The van der Waals surface area contributed by atoms with E-state index in [9.17, 15) is 13.2 Å². The lowest BCUT2D eigenvalue weighted by atomic mass is 9.97. The topological polar surface area (TPSA) is 75.7 Å². The molecule has 132 valence electrons. The normalized spacial score (nSPS) is 22.2. The molecule has 1 aliphatic heterocycles. The maximum atomic E-state index is 12.0. The van der Waals surface area contributed by atoms with Crippen LogP contribution in [0, 0.1) is 0 Å². The summed E-state index contributed by atoms with van der Waals surface area (Å²) in [5, 5.41) is 2.83. The Labute approximate surface area is 139 Å². The van der Waals surface area contributed by atoms with Gasteiger partial charge in [-0.1, -0.05) is 11.6 Å². The Balaban J connectivity index is 1.76. The molecule has 1 heterocycles. The van der Waals surface area contributed by atoms with Crippen LogP contribution in [-0.2, 0) is 19.6 Å². The zero-order valence-corrected chi connectivity index (χ0v) is 14.7. The lowest BCUT2D eigenvalue weighted by Gasteiger charge is -2.22. The van der Waals surface area contributed by atoms with Gasteiger partial charge in [-0.15, -0.1) is 0 Å². The van der Waals surface area contributed by atoms with Crippen molar-refractivity contribution in [1.82, 2.24) is 9.62 Å². The third-order valence-electron chi connectivity index (χ3n) is 4.37. The van der Waals surface area contributed by atoms with E-state index in [1.807, 2.05) is 0 Å². The minimum atomic E-state index is -3.41. The van der Waals surface area contributed by atoms with Gasteiger partial charge in [0.15, 0.2) is 0 Å². The van der Waals surface area contributed by atoms with Crippen LogP contribution in [0.15, 0.2) is 11.6 Å². The fraction of sp³-hybridized carbons (Fsp3) is 0.812. The van der Waals surface area contributed by atoms with E-state index < -0.39 is 10.0 Å². The summed E-state index contributed by atoms with van der Waals surface area (Å²) in [6, 6.07) is 0. The molecular formula is C16H28N2O4S. The third-order valence-corrected chi connectivity index (χ3v) is 5.59. The summed E-state index contributed by atoms with van der Waals surface area (Å²) in [6.07, 6.45) is 10.7. The average molecular weight is 344 g/mol. The Morgan fingerprint density at radius 2 is 2.22 bits per heavy atom. The number of amides is 1. The smallest absolute Gasteiger partial charge is 0.235 e. The number of allylic oxidation sites excluding steroid dienone is 1. The second-order valence-corrected chi connectivity index (χ2v) is 8.38. The van der Waals surface area contributed by atoms with Gasteiger partial charge in [-0.2, -0.15) is 4.31 Å². The number of rotatable bonds is 8. The van der Waals surface area contributed by atoms with Crippen LogP contribution in [0.5, 0.6) is 0 Å². The van der Waals surface area contributed by atoms with Crippen molar-refractivity contribution >= 4 is 15.9 Å². The molecule has 1 amide bonds. The predicted octanol–water partition coefficient (Wildman–Crippen LogP) is 1.43. The summed E-state index contributed by atoms with van der Waals surface area (Å²) in [4.78, 5) is 12.0. The van der Waals surface area contributed by atoms with Gasteiger partial charge in [-0.3, -0.25) is 4.79 Å². The van der Waals surface area contributed by atoms with Gasteiger partial charge in [0.1, 0.15) is 0 Å². The molecule has 0 bridgehead atoms. The van der Waals surface area contributed by atoms with E-state index >= 15 is 0 Å². The quantitative estimate of drug-likeness (QED) is 0.676. The zero-order chi connectivity index (χ0) is 16.7. The Morgan fingerprint density at radius 3 is 2.83 bits per heavy atom. The van der Waals surface area contributed by atoms with E-state index in [0.717, 1.165) is 38.4 Å². The molecule has 2 aliphatic rings. The van der Waals surface area contributed by atoms with Crippen molar-refractivity contribution in [3.63, 3.8) is 0 Å². The minimum absolute atomic E-state index is 0.0927. The molecule has 1 unspecified atom stereocenters. The molecule has 1 N–H and O–H groups in total. The standard InChI is InChI=1S/C16H28N2O4S/c1-23(20,21)18(12-15-8-5-11-22-15)13-16(19)17-10-9-14-6-3-2-4-7-14/h6,15H,2-5,7-13H2,1H3,(H,17,19). The van der Waals surface area contributed by atoms with Crippen LogP contribution in [0.2, 0.25) is 0 Å². The number of ether oxygens (including phenoxy) is 1. The first-order chi connectivity index (χ1) is 10.9. The van der Waals surface area contributed by atoms with Crippen molar-refractivity contribution in [1.29, 1.82) is 0 Å². The van der Waals surface area contributed by atoms with Crippen LogP contribution in [-0.4, -0.2) is 57.2 Å². The predicted molar refractivity (Wildman–Crippen MR) is 89.6 cm³/mol. The maximum absolute atomic E-state index is 12.0. The van der Waals surface area contributed by atoms with Crippen molar-refractivity contribution in [3.05, 3.63) is 11.6 Å². The monoisotopic (exact) mass is 344 g/mol. The highest BCUT2D eigenvalue weighted by atomic mass is 32.2. The summed E-state index contributed by atoms with van der Waals surface area (Å²) in [5.41, 5.74) is 1.40. The number of nitrogens with one attached hydrogen (secondary N) is 1. The molecule has 23 heavy (non-hydrogen) atoms. The largest absolute Gasteiger partial charge is 0.377 e. The molecule has 1 atom stereocenters. The molecule has 0 aromatic carbocycles. The summed E-state index contributed by atoms with van der Waals surface area (Å²) < 4.78 is 30.4. The maximum Gasteiger partial charge on any atom is 0.235 e. The van der Waals surface area contributed by atoms with Crippen LogP contribution >= 0.6 is 0 Å². The van der Waals surface area contributed by atoms with Crippen molar-refractivity contribution in [2.45, 2.75) is 51.0 Å².